The van der Waals surface area contributed by atoms with Crippen molar-refractivity contribution in [3.63, 3.8) is 0 Å². The highest BCUT2D eigenvalue weighted by Gasteiger charge is 2.23. The number of rotatable bonds is 10. The number of carbonyl (C=O) groups excluding carboxylic acids is 1. The Hall–Kier alpha value is -2.74. The molecule has 0 aliphatic carbocycles. The van der Waals surface area contributed by atoms with E-state index in [1.165, 1.54) is 0 Å². The van der Waals surface area contributed by atoms with E-state index in [9.17, 15) is 13.2 Å². The first-order chi connectivity index (χ1) is 15.0. The Kier molecular flexibility index (Phi) is 8.55. The molecule has 7 nitrogen and oxygen atoms in total. The standard InChI is InChI=1S/C24H34N2O5S/c1-8-31-20-11-9-19(10-12-20)26(32(7,28)29)15-24(27)25-18(5)22-14-21(16(2)3)23(30-6)13-17(22)4/h9-14,16,18H,8,15H2,1-7H3,(H,25,27)/t18-/m1/s1. The lowest BCUT2D eigenvalue weighted by molar-refractivity contribution is -0.120. The van der Waals surface area contributed by atoms with Crippen molar-refractivity contribution in [2.45, 2.75) is 46.6 Å². The van der Waals surface area contributed by atoms with E-state index in [-0.39, 0.29) is 18.5 Å². The average molecular weight is 463 g/mol. The van der Waals surface area contributed by atoms with Crippen molar-refractivity contribution in [2.75, 3.05) is 30.8 Å². The van der Waals surface area contributed by atoms with Crippen LogP contribution < -0.4 is 19.1 Å². The number of hydrogen-bond acceptors (Lipinski definition) is 5. The van der Waals surface area contributed by atoms with Gasteiger partial charge in [-0.15, -0.1) is 0 Å². The fourth-order valence-electron chi connectivity index (χ4n) is 3.58. The van der Waals surface area contributed by atoms with Crippen molar-refractivity contribution in [3.8, 4) is 11.5 Å². The molecule has 0 radical (unpaired) electrons. The van der Waals surface area contributed by atoms with E-state index < -0.39 is 15.9 Å². The molecule has 0 fully saturated rings. The molecule has 2 aromatic carbocycles. The fourth-order valence-corrected chi connectivity index (χ4v) is 4.44. The van der Waals surface area contributed by atoms with E-state index in [0.29, 0.717) is 18.0 Å². The molecule has 0 bridgehead atoms. The third-order valence-corrected chi connectivity index (χ3v) is 6.35. The predicted octanol–water partition coefficient (Wildman–Crippen LogP) is 4.17. The molecule has 8 heteroatoms. The summed E-state index contributed by atoms with van der Waals surface area (Å²) in [4.78, 5) is 12.8. The first-order valence-electron chi connectivity index (χ1n) is 10.7. The molecular formula is C24H34N2O5S. The van der Waals surface area contributed by atoms with Crippen LogP contribution in [0, 0.1) is 6.92 Å². The molecule has 0 heterocycles. The van der Waals surface area contributed by atoms with Crippen LogP contribution in [-0.2, 0) is 14.8 Å². The Morgan fingerprint density at radius 1 is 1.09 bits per heavy atom. The molecule has 2 aromatic rings. The Morgan fingerprint density at radius 2 is 1.72 bits per heavy atom. The van der Waals surface area contributed by atoms with Crippen LogP contribution in [0.15, 0.2) is 36.4 Å². The lowest BCUT2D eigenvalue weighted by Gasteiger charge is -2.24. The Bertz CT molecular complexity index is 1030. The Balaban J connectivity index is 2.22. The maximum atomic E-state index is 12.8. The zero-order valence-electron chi connectivity index (χ0n) is 19.9. The van der Waals surface area contributed by atoms with Crippen LogP contribution in [0.5, 0.6) is 11.5 Å². The molecule has 0 aliphatic rings. The zero-order valence-corrected chi connectivity index (χ0v) is 20.7. The van der Waals surface area contributed by atoms with Crippen LogP contribution >= 0.6 is 0 Å². The summed E-state index contributed by atoms with van der Waals surface area (Å²) in [6, 6.07) is 10.3. The van der Waals surface area contributed by atoms with Crippen LogP contribution in [0.2, 0.25) is 0 Å². The van der Waals surface area contributed by atoms with Gasteiger partial charge in [0, 0.05) is 0 Å². The van der Waals surface area contributed by atoms with Gasteiger partial charge >= 0.3 is 0 Å². The minimum absolute atomic E-state index is 0.257. The molecule has 1 amide bonds. The number of aryl methyl sites for hydroxylation is 1. The van der Waals surface area contributed by atoms with Crippen molar-refractivity contribution in [1.82, 2.24) is 5.32 Å². The SMILES string of the molecule is CCOc1ccc(N(CC(=O)N[C@H](C)c2cc(C(C)C)c(OC)cc2C)S(C)(=O)=O)cc1. The van der Waals surface area contributed by atoms with Gasteiger partial charge in [0.25, 0.3) is 0 Å². The number of ether oxygens (including phenoxy) is 2. The quantitative estimate of drug-likeness (QED) is 0.573. The largest absolute Gasteiger partial charge is 0.496 e. The molecule has 0 unspecified atom stereocenters. The van der Waals surface area contributed by atoms with E-state index in [4.69, 9.17) is 9.47 Å². The van der Waals surface area contributed by atoms with E-state index >= 15 is 0 Å². The van der Waals surface area contributed by atoms with Crippen molar-refractivity contribution in [3.05, 3.63) is 53.1 Å². The highest BCUT2D eigenvalue weighted by atomic mass is 32.2. The normalized spacial score (nSPS) is 12.4. The van der Waals surface area contributed by atoms with E-state index in [1.54, 1.807) is 31.4 Å². The summed E-state index contributed by atoms with van der Waals surface area (Å²) < 4.78 is 36.7. The van der Waals surface area contributed by atoms with Gasteiger partial charge in [0.15, 0.2) is 0 Å². The average Bonchev–Trinajstić information content (AvgIpc) is 2.71. The van der Waals surface area contributed by atoms with Crippen molar-refractivity contribution in [1.29, 1.82) is 0 Å². The summed E-state index contributed by atoms with van der Waals surface area (Å²) in [7, 11) is -2.01. The number of nitrogens with zero attached hydrogens (tertiary/aromatic N) is 1. The first kappa shape index (κ1) is 25.5. The van der Waals surface area contributed by atoms with Gasteiger partial charge in [-0.3, -0.25) is 9.10 Å². The van der Waals surface area contributed by atoms with Crippen LogP contribution in [0.4, 0.5) is 5.69 Å². The summed E-state index contributed by atoms with van der Waals surface area (Å²) in [5, 5.41) is 2.93. The van der Waals surface area contributed by atoms with Crippen LogP contribution in [-0.4, -0.2) is 40.8 Å². The molecule has 0 aromatic heterocycles. The smallest absolute Gasteiger partial charge is 0.241 e. The second-order valence-corrected chi connectivity index (χ2v) is 10.00. The van der Waals surface area contributed by atoms with Gasteiger partial charge in [-0.25, -0.2) is 8.42 Å². The third-order valence-electron chi connectivity index (χ3n) is 5.21. The molecule has 0 saturated carbocycles. The lowest BCUT2D eigenvalue weighted by Crippen LogP contribution is -2.41. The summed E-state index contributed by atoms with van der Waals surface area (Å²) in [5.41, 5.74) is 3.42. The molecule has 176 valence electrons. The maximum absolute atomic E-state index is 12.8. The van der Waals surface area contributed by atoms with Gasteiger partial charge < -0.3 is 14.8 Å². The Labute approximate surface area is 191 Å². The number of amides is 1. The van der Waals surface area contributed by atoms with Crippen LogP contribution in [0.1, 0.15) is 56.3 Å². The first-order valence-corrected chi connectivity index (χ1v) is 12.5. The lowest BCUT2D eigenvalue weighted by atomic mass is 9.93. The summed E-state index contributed by atoms with van der Waals surface area (Å²) in [6.07, 6.45) is 1.09. The highest BCUT2D eigenvalue weighted by molar-refractivity contribution is 7.92. The summed E-state index contributed by atoms with van der Waals surface area (Å²) in [5.74, 6) is 1.32. The number of nitrogens with one attached hydrogen (secondary N) is 1. The topological polar surface area (TPSA) is 84.9 Å². The number of hydrogen-bond donors (Lipinski definition) is 1. The van der Waals surface area contributed by atoms with Gasteiger partial charge in [0.2, 0.25) is 15.9 Å². The van der Waals surface area contributed by atoms with E-state index in [2.05, 4.69) is 19.2 Å². The van der Waals surface area contributed by atoms with Crippen molar-refractivity contribution in [2.24, 2.45) is 0 Å². The fraction of sp³-hybridized carbons (Fsp3) is 0.458. The molecule has 1 atom stereocenters. The number of carbonyl (C=O) groups is 1. The number of methoxy groups -OCH3 is 1. The number of benzene rings is 2. The molecule has 0 aliphatic heterocycles. The van der Waals surface area contributed by atoms with Gasteiger partial charge in [0.05, 0.1) is 31.7 Å². The predicted molar refractivity (Wildman–Crippen MR) is 128 cm³/mol. The van der Waals surface area contributed by atoms with E-state index in [1.807, 2.05) is 32.9 Å². The minimum atomic E-state index is -3.66. The molecule has 0 spiro atoms. The van der Waals surface area contributed by atoms with Gasteiger partial charge in [-0.2, -0.15) is 0 Å². The van der Waals surface area contributed by atoms with Gasteiger partial charge in [-0.1, -0.05) is 13.8 Å². The number of sulfonamides is 1. The molecule has 0 saturated heterocycles. The van der Waals surface area contributed by atoms with E-state index in [0.717, 1.165) is 33.0 Å². The van der Waals surface area contributed by atoms with Crippen LogP contribution in [0.3, 0.4) is 0 Å². The van der Waals surface area contributed by atoms with Crippen molar-refractivity contribution >= 4 is 21.6 Å². The molecular weight excluding hydrogens is 428 g/mol. The molecule has 1 N–H and O–H groups in total. The monoisotopic (exact) mass is 462 g/mol. The molecule has 32 heavy (non-hydrogen) atoms. The summed E-state index contributed by atoms with van der Waals surface area (Å²) in [6.45, 7) is 10.1. The second kappa shape index (κ2) is 10.7. The zero-order chi connectivity index (χ0) is 24.1. The van der Waals surface area contributed by atoms with Crippen molar-refractivity contribution < 1.29 is 22.7 Å². The maximum Gasteiger partial charge on any atom is 0.241 e. The van der Waals surface area contributed by atoms with Gasteiger partial charge in [0.1, 0.15) is 18.0 Å². The van der Waals surface area contributed by atoms with Crippen LogP contribution in [0.25, 0.3) is 0 Å². The summed E-state index contributed by atoms with van der Waals surface area (Å²) >= 11 is 0. The second-order valence-electron chi connectivity index (χ2n) is 8.09. The molecule has 2 rings (SSSR count). The highest BCUT2D eigenvalue weighted by Crippen LogP contribution is 2.32. The Morgan fingerprint density at radius 3 is 2.22 bits per heavy atom. The minimum Gasteiger partial charge on any atom is -0.496 e. The third kappa shape index (κ3) is 6.38. The van der Waals surface area contributed by atoms with Gasteiger partial charge in [-0.05, 0) is 79.8 Å². The number of anilines is 1.